The summed E-state index contributed by atoms with van der Waals surface area (Å²) in [6, 6.07) is 18.8. The molecule has 1 aliphatic rings. The number of rotatable bonds is 1. The highest BCUT2D eigenvalue weighted by atomic mass is 16.4. The van der Waals surface area contributed by atoms with E-state index in [-0.39, 0.29) is 0 Å². The van der Waals surface area contributed by atoms with Crippen LogP contribution in [-0.4, -0.2) is 10.9 Å². The third-order valence-electron chi connectivity index (χ3n) is 3.64. The summed E-state index contributed by atoms with van der Waals surface area (Å²) in [5.74, 6) is 0.410. The van der Waals surface area contributed by atoms with Crippen molar-refractivity contribution in [2.45, 2.75) is 18.8 Å². The first-order chi connectivity index (χ1) is 8.90. The van der Waals surface area contributed by atoms with Crippen molar-refractivity contribution in [2.24, 2.45) is 5.16 Å². The molecule has 1 aliphatic carbocycles. The van der Waals surface area contributed by atoms with E-state index in [9.17, 15) is 0 Å². The van der Waals surface area contributed by atoms with E-state index in [2.05, 4.69) is 41.6 Å². The van der Waals surface area contributed by atoms with Gasteiger partial charge < -0.3 is 5.21 Å². The molecule has 3 rings (SSSR count). The predicted molar refractivity (Wildman–Crippen MR) is 72.3 cm³/mol. The van der Waals surface area contributed by atoms with Gasteiger partial charge in [-0.25, -0.2) is 0 Å². The van der Waals surface area contributed by atoms with Crippen LogP contribution in [0.25, 0.3) is 0 Å². The van der Waals surface area contributed by atoms with Crippen LogP contribution < -0.4 is 0 Å². The zero-order valence-electron chi connectivity index (χ0n) is 10.1. The molecule has 0 heterocycles. The summed E-state index contributed by atoms with van der Waals surface area (Å²) in [4.78, 5) is 0. The lowest BCUT2D eigenvalue weighted by Crippen LogP contribution is -2.17. The highest BCUT2D eigenvalue weighted by Crippen LogP contribution is 2.36. The Morgan fingerprint density at radius 1 is 0.944 bits per heavy atom. The third-order valence-corrected chi connectivity index (χ3v) is 3.64. The molecule has 2 aromatic carbocycles. The SMILES string of the molecule is O/N=C1\CC[C@@H](c2ccccc2)c2ccccc21. The van der Waals surface area contributed by atoms with Crippen molar-refractivity contribution in [3.8, 4) is 0 Å². The Balaban J connectivity index is 2.10. The van der Waals surface area contributed by atoms with Crippen LogP contribution in [0.15, 0.2) is 59.8 Å². The molecule has 1 atom stereocenters. The maximum absolute atomic E-state index is 9.08. The largest absolute Gasteiger partial charge is 0.411 e. The molecule has 1 N–H and O–H groups in total. The molecule has 0 saturated heterocycles. The maximum Gasteiger partial charge on any atom is 0.0871 e. The van der Waals surface area contributed by atoms with Crippen molar-refractivity contribution in [2.75, 3.05) is 0 Å². The minimum Gasteiger partial charge on any atom is -0.411 e. The summed E-state index contributed by atoms with van der Waals surface area (Å²) in [5, 5.41) is 12.5. The highest BCUT2D eigenvalue weighted by Gasteiger charge is 2.25. The van der Waals surface area contributed by atoms with Gasteiger partial charge in [-0.2, -0.15) is 0 Å². The van der Waals surface area contributed by atoms with Crippen molar-refractivity contribution in [3.05, 3.63) is 71.3 Å². The second kappa shape index (κ2) is 4.65. The Bertz CT molecular complexity index is 575. The fourth-order valence-corrected chi connectivity index (χ4v) is 2.77. The topological polar surface area (TPSA) is 32.6 Å². The average Bonchev–Trinajstić information content (AvgIpc) is 2.47. The van der Waals surface area contributed by atoms with Gasteiger partial charge in [0.15, 0.2) is 0 Å². The maximum atomic E-state index is 9.08. The van der Waals surface area contributed by atoms with Crippen LogP contribution in [0.5, 0.6) is 0 Å². The minimum absolute atomic E-state index is 0.410. The summed E-state index contributed by atoms with van der Waals surface area (Å²) in [6.45, 7) is 0. The molecule has 0 unspecified atom stereocenters. The monoisotopic (exact) mass is 237 g/mol. The normalized spacial score (nSPS) is 20.7. The molecule has 90 valence electrons. The molecule has 2 heteroatoms. The number of benzene rings is 2. The van der Waals surface area contributed by atoms with Gasteiger partial charge in [0.25, 0.3) is 0 Å². The second-order valence-electron chi connectivity index (χ2n) is 4.64. The summed E-state index contributed by atoms with van der Waals surface area (Å²) in [5.41, 5.74) is 4.49. The Morgan fingerprint density at radius 2 is 1.67 bits per heavy atom. The first kappa shape index (κ1) is 11.0. The van der Waals surface area contributed by atoms with Gasteiger partial charge in [-0.3, -0.25) is 0 Å². The Hall–Kier alpha value is -2.09. The zero-order valence-corrected chi connectivity index (χ0v) is 10.1. The summed E-state index contributed by atoms with van der Waals surface area (Å²) in [7, 11) is 0. The number of nitrogens with zero attached hydrogens (tertiary/aromatic N) is 1. The molecule has 0 aromatic heterocycles. The van der Waals surface area contributed by atoms with Gasteiger partial charge in [-0.1, -0.05) is 59.8 Å². The van der Waals surface area contributed by atoms with Gasteiger partial charge in [0.05, 0.1) is 5.71 Å². The molecule has 0 aliphatic heterocycles. The smallest absolute Gasteiger partial charge is 0.0871 e. The van der Waals surface area contributed by atoms with Crippen LogP contribution in [0.2, 0.25) is 0 Å². The van der Waals surface area contributed by atoms with Crippen LogP contribution in [0, 0.1) is 0 Å². The van der Waals surface area contributed by atoms with Crippen LogP contribution in [0.3, 0.4) is 0 Å². The molecule has 0 amide bonds. The van der Waals surface area contributed by atoms with E-state index in [0.717, 1.165) is 24.1 Å². The second-order valence-corrected chi connectivity index (χ2v) is 4.64. The molecule has 0 saturated carbocycles. The van der Waals surface area contributed by atoms with Gasteiger partial charge in [0.2, 0.25) is 0 Å². The van der Waals surface area contributed by atoms with Crippen LogP contribution >= 0.6 is 0 Å². The first-order valence-corrected chi connectivity index (χ1v) is 6.25. The fourth-order valence-electron chi connectivity index (χ4n) is 2.77. The van der Waals surface area contributed by atoms with Crippen molar-refractivity contribution in [1.82, 2.24) is 0 Å². The van der Waals surface area contributed by atoms with Gasteiger partial charge in [0, 0.05) is 11.5 Å². The third kappa shape index (κ3) is 1.80. The lowest BCUT2D eigenvalue weighted by molar-refractivity contribution is 0.317. The lowest BCUT2D eigenvalue weighted by Gasteiger charge is -2.26. The van der Waals surface area contributed by atoms with Crippen LogP contribution in [-0.2, 0) is 0 Å². The van der Waals surface area contributed by atoms with E-state index < -0.39 is 0 Å². The zero-order chi connectivity index (χ0) is 12.4. The first-order valence-electron chi connectivity index (χ1n) is 6.25. The molecule has 0 spiro atoms. The van der Waals surface area contributed by atoms with Crippen molar-refractivity contribution >= 4 is 5.71 Å². The summed E-state index contributed by atoms with van der Waals surface area (Å²) < 4.78 is 0. The Morgan fingerprint density at radius 3 is 2.44 bits per heavy atom. The van der Waals surface area contributed by atoms with E-state index in [4.69, 9.17) is 5.21 Å². The molecule has 2 nitrogen and oxygen atoms in total. The lowest BCUT2D eigenvalue weighted by atomic mass is 9.78. The highest BCUT2D eigenvalue weighted by molar-refractivity contribution is 6.02. The number of oxime groups is 1. The molecular formula is C16H15NO. The summed E-state index contributed by atoms with van der Waals surface area (Å²) >= 11 is 0. The number of fused-ring (bicyclic) bond motifs is 1. The number of hydrogen-bond donors (Lipinski definition) is 1. The fraction of sp³-hybridized carbons (Fsp3) is 0.188. The molecule has 0 bridgehead atoms. The quantitative estimate of drug-likeness (QED) is 0.594. The summed E-state index contributed by atoms with van der Waals surface area (Å²) in [6.07, 6.45) is 1.83. The van der Waals surface area contributed by atoms with Crippen molar-refractivity contribution in [3.63, 3.8) is 0 Å². The Kier molecular flexibility index (Phi) is 2.85. The van der Waals surface area contributed by atoms with E-state index in [1.165, 1.54) is 11.1 Å². The molecule has 0 radical (unpaired) electrons. The predicted octanol–water partition coefficient (Wildman–Crippen LogP) is 3.79. The number of hydrogen-bond acceptors (Lipinski definition) is 2. The van der Waals surface area contributed by atoms with Gasteiger partial charge in [0.1, 0.15) is 0 Å². The molecule has 0 fully saturated rings. The van der Waals surface area contributed by atoms with Gasteiger partial charge >= 0.3 is 0 Å². The van der Waals surface area contributed by atoms with Crippen molar-refractivity contribution < 1.29 is 5.21 Å². The minimum atomic E-state index is 0.410. The van der Waals surface area contributed by atoms with E-state index in [0.29, 0.717) is 5.92 Å². The van der Waals surface area contributed by atoms with Gasteiger partial charge in [-0.05, 0) is 24.0 Å². The van der Waals surface area contributed by atoms with Crippen LogP contribution in [0.1, 0.15) is 35.4 Å². The van der Waals surface area contributed by atoms with E-state index >= 15 is 0 Å². The Labute approximate surface area is 107 Å². The van der Waals surface area contributed by atoms with E-state index in [1.54, 1.807) is 0 Å². The molecule has 18 heavy (non-hydrogen) atoms. The van der Waals surface area contributed by atoms with Crippen molar-refractivity contribution in [1.29, 1.82) is 0 Å². The van der Waals surface area contributed by atoms with Gasteiger partial charge in [-0.15, -0.1) is 0 Å². The molecular weight excluding hydrogens is 222 g/mol. The standard InChI is InChI=1S/C16H15NO/c18-17-16-11-10-13(12-6-2-1-3-7-12)14-8-4-5-9-15(14)16/h1-9,13,18H,10-11H2/b17-16+/t13-/m0/s1. The average molecular weight is 237 g/mol. The van der Waals surface area contributed by atoms with E-state index in [1.807, 2.05) is 18.2 Å². The van der Waals surface area contributed by atoms with Crippen LogP contribution in [0.4, 0.5) is 0 Å². The molecule has 2 aromatic rings.